The van der Waals surface area contributed by atoms with Crippen LogP contribution in [0.25, 0.3) is 11.3 Å². The fraction of sp³-hybridized carbons (Fsp3) is 0.217. The molecule has 0 radical (unpaired) electrons. The summed E-state index contributed by atoms with van der Waals surface area (Å²) in [4.78, 5) is 12.3. The molecule has 0 saturated carbocycles. The zero-order chi connectivity index (χ0) is 22.9. The van der Waals surface area contributed by atoms with Gasteiger partial charge in [0, 0.05) is 5.56 Å². The molecule has 2 aromatic carbocycles. The molecule has 0 fully saturated rings. The fourth-order valence-electron chi connectivity index (χ4n) is 2.82. The van der Waals surface area contributed by atoms with Crippen LogP contribution in [0.3, 0.4) is 0 Å². The summed E-state index contributed by atoms with van der Waals surface area (Å²) in [5.74, 6) is 6.18. The number of amides is 1. The standard InChI is InChI=1S/C23H22FN3O5/c1-29-20-12-15(13-21(30-2)22(20)31-3)17-14-18(27-26-17)23(28)25-10-6-7-11-32-19-9-5-4-8-16(19)24/h4-5,8-9,12-14H,10-11H2,1-3H3,(H,25,28)(H,26,27). The van der Waals surface area contributed by atoms with E-state index in [1.54, 1.807) is 30.3 Å². The van der Waals surface area contributed by atoms with Gasteiger partial charge in [-0.25, -0.2) is 4.39 Å². The molecule has 3 aromatic rings. The monoisotopic (exact) mass is 439 g/mol. The quantitative estimate of drug-likeness (QED) is 0.524. The molecule has 9 heteroatoms. The Morgan fingerprint density at radius 2 is 1.75 bits per heavy atom. The van der Waals surface area contributed by atoms with Gasteiger partial charge in [-0.15, -0.1) is 0 Å². The van der Waals surface area contributed by atoms with Crippen LogP contribution in [0.4, 0.5) is 4.39 Å². The maximum atomic E-state index is 13.4. The van der Waals surface area contributed by atoms with E-state index in [4.69, 9.17) is 18.9 Å². The lowest BCUT2D eigenvalue weighted by molar-refractivity contribution is 0.0953. The number of para-hydroxylation sites is 1. The van der Waals surface area contributed by atoms with Gasteiger partial charge in [-0.1, -0.05) is 24.0 Å². The van der Waals surface area contributed by atoms with Crippen molar-refractivity contribution in [1.29, 1.82) is 0 Å². The van der Waals surface area contributed by atoms with Crippen LogP contribution in [0.2, 0.25) is 0 Å². The maximum absolute atomic E-state index is 13.4. The molecule has 1 aromatic heterocycles. The molecule has 0 atom stereocenters. The van der Waals surface area contributed by atoms with E-state index >= 15 is 0 Å². The molecule has 0 bridgehead atoms. The van der Waals surface area contributed by atoms with Crippen LogP contribution >= 0.6 is 0 Å². The first-order chi connectivity index (χ1) is 15.6. The van der Waals surface area contributed by atoms with Crippen LogP contribution in [-0.2, 0) is 0 Å². The highest BCUT2D eigenvalue weighted by molar-refractivity contribution is 5.93. The lowest BCUT2D eigenvalue weighted by Crippen LogP contribution is -2.24. The number of aromatic amines is 1. The summed E-state index contributed by atoms with van der Waals surface area (Å²) < 4.78 is 34.7. The van der Waals surface area contributed by atoms with Gasteiger partial charge in [0.15, 0.2) is 23.1 Å². The average molecular weight is 439 g/mol. The van der Waals surface area contributed by atoms with Crippen LogP contribution in [0.15, 0.2) is 42.5 Å². The van der Waals surface area contributed by atoms with Gasteiger partial charge in [-0.3, -0.25) is 9.89 Å². The van der Waals surface area contributed by atoms with E-state index in [-0.39, 0.29) is 30.5 Å². The minimum absolute atomic E-state index is 0.00610. The second-order valence-corrected chi connectivity index (χ2v) is 6.34. The predicted molar refractivity (Wildman–Crippen MR) is 116 cm³/mol. The molecule has 1 amide bonds. The highest BCUT2D eigenvalue weighted by Crippen LogP contribution is 2.40. The molecule has 0 aliphatic heterocycles. The number of ether oxygens (including phenoxy) is 4. The van der Waals surface area contributed by atoms with Crippen LogP contribution in [0.1, 0.15) is 10.5 Å². The number of carbonyl (C=O) groups excluding carboxylic acids is 1. The molecule has 3 rings (SSSR count). The number of hydrogen-bond acceptors (Lipinski definition) is 6. The van der Waals surface area contributed by atoms with Gasteiger partial charge >= 0.3 is 0 Å². The Morgan fingerprint density at radius 3 is 2.41 bits per heavy atom. The summed E-state index contributed by atoms with van der Waals surface area (Å²) in [6, 6.07) is 11.1. The largest absolute Gasteiger partial charge is 0.493 e. The molecule has 1 heterocycles. The molecular weight excluding hydrogens is 417 g/mol. The number of benzene rings is 2. The van der Waals surface area contributed by atoms with E-state index < -0.39 is 5.82 Å². The van der Waals surface area contributed by atoms with E-state index in [9.17, 15) is 9.18 Å². The minimum atomic E-state index is -0.454. The molecule has 0 aliphatic carbocycles. The molecule has 166 valence electrons. The Morgan fingerprint density at radius 1 is 1.03 bits per heavy atom. The van der Waals surface area contributed by atoms with Crippen molar-refractivity contribution in [2.45, 2.75) is 0 Å². The number of halogens is 1. The van der Waals surface area contributed by atoms with E-state index in [0.717, 1.165) is 0 Å². The zero-order valence-electron chi connectivity index (χ0n) is 17.8. The number of rotatable bonds is 8. The summed E-state index contributed by atoms with van der Waals surface area (Å²) in [6.07, 6.45) is 0. The number of methoxy groups -OCH3 is 3. The summed E-state index contributed by atoms with van der Waals surface area (Å²) in [6.45, 7) is 0.101. The average Bonchev–Trinajstić information content (AvgIpc) is 3.31. The molecule has 8 nitrogen and oxygen atoms in total. The first kappa shape index (κ1) is 22.5. The van der Waals surface area contributed by atoms with Crippen molar-refractivity contribution in [1.82, 2.24) is 15.5 Å². The molecule has 32 heavy (non-hydrogen) atoms. The van der Waals surface area contributed by atoms with E-state index in [1.165, 1.54) is 33.5 Å². The lowest BCUT2D eigenvalue weighted by Gasteiger charge is -2.13. The van der Waals surface area contributed by atoms with Crippen LogP contribution in [0.5, 0.6) is 23.0 Å². The number of nitrogens with zero attached hydrogens (tertiary/aromatic N) is 1. The van der Waals surface area contributed by atoms with E-state index in [0.29, 0.717) is 28.5 Å². The van der Waals surface area contributed by atoms with Gasteiger partial charge in [-0.05, 0) is 30.3 Å². The van der Waals surface area contributed by atoms with Gasteiger partial charge in [0.25, 0.3) is 5.91 Å². The van der Waals surface area contributed by atoms with Crippen molar-refractivity contribution >= 4 is 5.91 Å². The van der Waals surface area contributed by atoms with Gasteiger partial charge in [-0.2, -0.15) is 5.10 Å². The minimum Gasteiger partial charge on any atom is -0.493 e. The maximum Gasteiger partial charge on any atom is 0.270 e. The van der Waals surface area contributed by atoms with Crippen LogP contribution < -0.4 is 24.3 Å². The van der Waals surface area contributed by atoms with Crippen LogP contribution in [0, 0.1) is 17.7 Å². The van der Waals surface area contributed by atoms with Crippen molar-refractivity contribution in [3.05, 3.63) is 54.0 Å². The van der Waals surface area contributed by atoms with Gasteiger partial charge < -0.3 is 24.3 Å². The summed E-state index contributed by atoms with van der Waals surface area (Å²) in [5, 5.41) is 9.54. The van der Waals surface area contributed by atoms with Gasteiger partial charge in [0.2, 0.25) is 5.75 Å². The normalized spacial score (nSPS) is 10.0. The van der Waals surface area contributed by atoms with Crippen LogP contribution in [-0.4, -0.2) is 50.6 Å². The number of hydrogen-bond donors (Lipinski definition) is 2. The van der Waals surface area contributed by atoms with Crippen molar-refractivity contribution in [3.8, 4) is 46.1 Å². The Bertz CT molecular complexity index is 1120. The summed E-state index contributed by atoms with van der Waals surface area (Å²) in [7, 11) is 4.56. The topological polar surface area (TPSA) is 94.7 Å². The first-order valence-corrected chi connectivity index (χ1v) is 9.54. The Hall–Kier alpha value is -4.19. The van der Waals surface area contributed by atoms with Crippen molar-refractivity contribution in [3.63, 3.8) is 0 Å². The Balaban J connectivity index is 1.59. The number of H-pyrrole nitrogens is 1. The van der Waals surface area contributed by atoms with E-state index in [1.807, 2.05) is 0 Å². The molecule has 0 saturated heterocycles. The second kappa shape index (κ2) is 10.7. The molecule has 0 aliphatic rings. The predicted octanol–water partition coefficient (Wildman–Crippen LogP) is 3.05. The van der Waals surface area contributed by atoms with E-state index in [2.05, 4.69) is 27.4 Å². The molecular formula is C23H22FN3O5. The summed E-state index contributed by atoms with van der Waals surface area (Å²) >= 11 is 0. The Labute approximate surface area is 184 Å². The number of nitrogens with one attached hydrogen (secondary N) is 2. The lowest BCUT2D eigenvalue weighted by atomic mass is 10.1. The number of carbonyl (C=O) groups is 1. The van der Waals surface area contributed by atoms with Gasteiger partial charge in [0.05, 0.1) is 33.6 Å². The van der Waals surface area contributed by atoms with Crippen molar-refractivity contribution in [2.24, 2.45) is 0 Å². The highest BCUT2D eigenvalue weighted by Gasteiger charge is 2.17. The smallest absolute Gasteiger partial charge is 0.270 e. The SMILES string of the molecule is COc1cc(-c2cc(C(=O)NCC#CCOc3ccccc3F)[nH]n2)cc(OC)c1OC. The molecule has 0 unspecified atom stereocenters. The highest BCUT2D eigenvalue weighted by atomic mass is 19.1. The third-order valence-electron chi connectivity index (χ3n) is 4.38. The third-order valence-corrected chi connectivity index (χ3v) is 4.38. The molecule has 2 N–H and O–H groups in total. The second-order valence-electron chi connectivity index (χ2n) is 6.34. The zero-order valence-corrected chi connectivity index (χ0v) is 17.8. The first-order valence-electron chi connectivity index (χ1n) is 9.54. The van der Waals surface area contributed by atoms with Gasteiger partial charge in [0.1, 0.15) is 12.3 Å². The van der Waals surface area contributed by atoms with Crippen molar-refractivity contribution < 1.29 is 28.1 Å². The number of aromatic nitrogens is 2. The fourth-order valence-corrected chi connectivity index (χ4v) is 2.82. The molecule has 0 spiro atoms. The summed E-state index contributed by atoms with van der Waals surface area (Å²) in [5.41, 5.74) is 1.47. The van der Waals surface area contributed by atoms with Crippen molar-refractivity contribution in [2.75, 3.05) is 34.5 Å². The third kappa shape index (κ3) is 5.29. The Kier molecular flexibility index (Phi) is 7.54.